The van der Waals surface area contributed by atoms with Crippen LogP contribution in [0.15, 0.2) is 0 Å². The highest BCUT2D eigenvalue weighted by atomic mass is 16.5. The molecule has 0 saturated carbocycles. The molecule has 0 aliphatic rings. The minimum Gasteiger partial charge on any atom is -0.504 e. The van der Waals surface area contributed by atoms with Crippen molar-refractivity contribution in [3.63, 3.8) is 0 Å². The van der Waals surface area contributed by atoms with Crippen LogP contribution in [-0.4, -0.2) is 24.4 Å². The topological polar surface area (TPSA) is 58.9 Å². The van der Waals surface area contributed by atoms with E-state index in [2.05, 4.69) is 0 Å². The van der Waals surface area contributed by atoms with Gasteiger partial charge in [-0.2, -0.15) is 0 Å². The first-order chi connectivity index (χ1) is 6.54. The molecular formula is C10H14O4. The maximum absolute atomic E-state index is 9.70. The van der Waals surface area contributed by atoms with Gasteiger partial charge in [0.1, 0.15) is 0 Å². The Kier molecular flexibility index (Phi) is 2.74. The fourth-order valence-corrected chi connectivity index (χ4v) is 1.29. The van der Waals surface area contributed by atoms with Crippen molar-refractivity contribution in [2.75, 3.05) is 14.2 Å². The van der Waals surface area contributed by atoms with Crippen LogP contribution in [0.25, 0.3) is 0 Å². The van der Waals surface area contributed by atoms with Crippen LogP contribution in [0.2, 0.25) is 0 Å². The van der Waals surface area contributed by atoms with Gasteiger partial charge < -0.3 is 19.7 Å². The van der Waals surface area contributed by atoms with Gasteiger partial charge in [0.2, 0.25) is 11.5 Å². The van der Waals surface area contributed by atoms with Crippen molar-refractivity contribution in [1.29, 1.82) is 0 Å². The van der Waals surface area contributed by atoms with Crippen LogP contribution in [0.5, 0.6) is 23.0 Å². The molecule has 0 heterocycles. The second kappa shape index (κ2) is 3.65. The molecule has 0 spiro atoms. The molecule has 1 rings (SSSR count). The van der Waals surface area contributed by atoms with Crippen LogP contribution in [0.1, 0.15) is 11.1 Å². The summed E-state index contributed by atoms with van der Waals surface area (Å²) in [5.74, 6) is 0.320. The molecule has 0 bridgehead atoms. The Hall–Kier alpha value is -1.58. The summed E-state index contributed by atoms with van der Waals surface area (Å²) in [7, 11) is 2.82. The number of phenols is 2. The largest absolute Gasteiger partial charge is 0.504 e. The number of phenolic OH excluding ortho intramolecular Hbond substituents is 2. The third-order valence-electron chi connectivity index (χ3n) is 2.32. The Morgan fingerprint density at radius 2 is 1.07 bits per heavy atom. The summed E-state index contributed by atoms with van der Waals surface area (Å²) in [6.45, 7) is 3.40. The van der Waals surface area contributed by atoms with Crippen molar-refractivity contribution < 1.29 is 19.7 Å². The lowest BCUT2D eigenvalue weighted by Crippen LogP contribution is -1.95. The molecule has 0 amide bonds. The van der Waals surface area contributed by atoms with E-state index in [0.717, 1.165) is 0 Å². The van der Waals surface area contributed by atoms with Gasteiger partial charge in [-0.1, -0.05) is 0 Å². The van der Waals surface area contributed by atoms with Crippen LogP contribution in [0.4, 0.5) is 0 Å². The van der Waals surface area contributed by atoms with E-state index >= 15 is 0 Å². The number of benzene rings is 1. The second-order valence-electron chi connectivity index (χ2n) is 3.01. The normalized spacial score (nSPS) is 10.0. The van der Waals surface area contributed by atoms with E-state index in [0.29, 0.717) is 11.1 Å². The highest BCUT2D eigenvalue weighted by Gasteiger charge is 2.20. The molecule has 0 aliphatic heterocycles. The second-order valence-corrected chi connectivity index (χ2v) is 3.01. The van der Waals surface area contributed by atoms with Gasteiger partial charge in [0.15, 0.2) is 11.5 Å². The highest BCUT2D eigenvalue weighted by Crippen LogP contribution is 2.47. The molecule has 2 N–H and O–H groups in total. The number of rotatable bonds is 2. The molecule has 0 aliphatic carbocycles. The third-order valence-corrected chi connectivity index (χ3v) is 2.32. The van der Waals surface area contributed by atoms with Crippen molar-refractivity contribution in [3.8, 4) is 23.0 Å². The van der Waals surface area contributed by atoms with E-state index < -0.39 is 0 Å². The Labute approximate surface area is 82.7 Å². The van der Waals surface area contributed by atoms with E-state index in [1.165, 1.54) is 14.2 Å². The summed E-state index contributed by atoms with van der Waals surface area (Å²) in [6.07, 6.45) is 0. The lowest BCUT2D eigenvalue weighted by molar-refractivity contribution is 0.314. The third kappa shape index (κ3) is 1.32. The molecular weight excluding hydrogens is 184 g/mol. The lowest BCUT2D eigenvalue weighted by atomic mass is 10.1. The molecule has 0 fully saturated rings. The van der Waals surface area contributed by atoms with Crippen LogP contribution >= 0.6 is 0 Å². The molecule has 0 atom stereocenters. The zero-order valence-electron chi connectivity index (χ0n) is 8.71. The maximum atomic E-state index is 9.70. The van der Waals surface area contributed by atoms with E-state index in [9.17, 15) is 10.2 Å². The van der Waals surface area contributed by atoms with Crippen LogP contribution in [0.3, 0.4) is 0 Å². The van der Waals surface area contributed by atoms with Gasteiger partial charge in [0.05, 0.1) is 14.2 Å². The Morgan fingerprint density at radius 3 is 1.29 bits per heavy atom. The summed E-state index contributed by atoms with van der Waals surface area (Å²) >= 11 is 0. The Morgan fingerprint density at radius 1 is 0.786 bits per heavy atom. The highest BCUT2D eigenvalue weighted by molar-refractivity contribution is 5.65. The first-order valence-electron chi connectivity index (χ1n) is 4.17. The zero-order valence-corrected chi connectivity index (χ0v) is 8.71. The number of methoxy groups -OCH3 is 2. The smallest absolute Gasteiger partial charge is 0.207 e. The first-order valence-corrected chi connectivity index (χ1v) is 4.17. The van der Waals surface area contributed by atoms with Gasteiger partial charge in [-0.15, -0.1) is 0 Å². The molecule has 0 radical (unpaired) electrons. The molecule has 1 aromatic rings. The SMILES string of the molecule is COc1c(O)c(C)c(C)c(O)c1OC. The molecule has 0 unspecified atom stereocenters. The maximum Gasteiger partial charge on any atom is 0.207 e. The number of aromatic hydroxyl groups is 2. The summed E-state index contributed by atoms with van der Waals surface area (Å²) in [5, 5.41) is 19.4. The van der Waals surface area contributed by atoms with Crippen LogP contribution < -0.4 is 9.47 Å². The van der Waals surface area contributed by atoms with Crippen LogP contribution in [0, 0.1) is 13.8 Å². The molecule has 4 heteroatoms. The van der Waals surface area contributed by atoms with Crippen molar-refractivity contribution >= 4 is 0 Å². The standard InChI is InChI=1S/C10H14O4/c1-5-6(2)8(12)10(14-4)9(13-3)7(5)11/h11-12H,1-4H3. The number of ether oxygens (including phenoxy) is 2. The first kappa shape index (κ1) is 10.5. The molecule has 0 saturated heterocycles. The average Bonchev–Trinajstić information content (AvgIpc) is 2.20. The summed E-state index contributed by atoms with van der Waals surface area (Å²) in [4.78, 5) is 0. The van der Waals surface area contributed by atoms with Gasteiger partial charge in [-0.05, 0) is 13.8 Å². The summed E-state index contributed by atoms with van der Waals surface area (Å²) in [6, 6.07) is 0. The monoisotopic (exact) mass is 198 g/mol. The zero-order chi connectivity index (χ0) is 10.9. The number of hydrogen-bond donors (Lipinski definition) is 2. The Bertz CT molecular complexity index is 323. The van der Waals surface area contributed by atoms with E-state index in [1.807, 2.05) is 0 Å². The van der Waals surface area contributed by atoms with Gasteiger partial charge in [0, 0.05) is 11.1 Å². The van der Waals surface area contributed by atoms with E-state index in [1.54, 1.807) is 13.8 Å². The predicted octanol–water partition coefficient (Wildman–Crippen LogP) is 1.73. The molecule has 4 nitrogen and oxygen atoms in total. The predicted molar refractivity (Wildman–Crippen MR) is 52.3 cm³/mol. The number of hydrogen-bond acceptors (Lipinski definition) is 4. The Balaban J connectivity index is 3.57. The van der Waals surface area contributed by atoms with Crippen LogP contribution in [-0.2, 0) is 0 Å². The molecule has 0 aromatic heterocycles. The van der Waals surface area contributed by atoms with Crippen molar-refractivity contribution in [2.45, 2.75) is 13.8 Å². The van der Waals surface area contributed by atoms with Crippen molar-refractivity contribution in [3.05, 3.63) is 11.1 Å². The van der Waals surface area contributed by atoms with E-state index in [-0.39, 0.29) is 23.0 Å². The van der Waals surface area contributed by atoms with Gasteiger partial charge in [0.25, 0.3) is 0 Å². The average molecular weight is 198 g/mol. The lowest BCUT2D eigenvalue weighted by Gasteiger charge is -2.15. The molecule has 1 aromatic carbocycles. The molecule has 14 heavy (non-hydrogen) atoms. The van der Waals surface area contributed by atoms with Gasteiger partial charge in [-0.25, -0.2) is 0 Å². The van der Waals surface area contributed by atoms with Gasteiger partial charge >= 0.3 is 0 Å². The summed E-state index contributed by atoms with van der Waals surface area (Å²) < 4.78 is 9.90. The fourth-order valence-electron chi connectivity index (χ4n) is 1.29. The fraction of sp³-hybridized carbons (Fsp3) is 0.400. The summed E-state index contributed by atoms with van der Waals surface area (Å²) in [5.41, 5.74) is 1.17. The minimum absolute atomic E-state index is 0.000324. The van der Waals surface area contributed by atoms with Crippen molar-refractivity contribution in [2.24, 2.45) is 0 Å². The van der Waals surface area contributed by atoms with Gasteiger partial charge in [-0.3, -0.25) is 0 Å². The molecule has 78 valence electrons. The van der Waals surface area contributed by atoms with Crippen molar-refractivity contribution in [1.82, 2.24) is 0 Å². The quantitative estimate of drug-likeness (QED) is 0.710. The minimum atomic E-state index is -0.000324. The van der Waals surface area contributed by atoms with E-state index in [4.69, 9.17) is 9.47 Å².